The first-order valence-corrected chi connectivity index (χ1v) is 7.70. The number of rotatable bonds is 6. The van der Waals surface area contributed by atoms with Crippen LogP contribution in [0, 0.1) is 0 Å². The van der Waals surface area contributed by atoms with E-state index in [9.17, 15) is 9.59 Å². The Morgan fingerprint density at radius 1 is 1.04 bits per heavy atom. The predicted octanol–water partition coefficient (Wildman–Crippen LogP) is 5.17. The van der Waals surface area contributed by atoms with E-state index >= 15 is 0 Å². The van der Waals surface area contributed by atoms with Crippen LogP contribution in [0.15, 0.2) is 37.4 Å². The molecule has 1 aromatic carbocycles. The summed E-state index contributed by atoms with van der Waals surface area (Å²) in [7, 11) is 1.23. The number of esters is 1. The number of hydrogen-bond acceptors (Lipinski definition) is 6. The summed E-state index contributed by atoms with van der Waals surface area (Å²) >= 11 is 0. The molecular formula is C18H31NO5. The number of methoxy groups -OCH3 is 1. The fourth-order valence-electron chi connectivity index (χ4n) is 1.40. The van der Waals surface area contributed by atoms with Crippen molar-refractivity contribution < 1.29 is 23.8 Å². The smallest absolute Gasteiger partial charge is 0.462 e. The second kappa shape index (κ2) is 18.7. The maximum absolute atomic E-state index is 11.6. The van der Waals surface area contributed by atoms with Crippen molar-refractivity contribution in [3.05, 3.63) is 43.0 Å². The monoisotopic (exact) mass is 341 g/mol. The van der Waals surface area contributed by atoms with E-state index in [1.54, 1.807) is 12.1 Å². The molecule has 0 fully saturated rings. The van der Waals surface area contributed by atoms with Gasteiger partial charge in [0.15, 0.2) is 0 Å². The average molecular weight is 341 g/mol. The van der Waals surface area contributed by atoms with Crippen molar-refractivity contribution >= 4 is 12.1 Å². The maximum atomic E-state index is 11.6. The third kappa shape index (κ3) is 12.2. The molecule has 1 aromatic rings. The number of carbonyl (C=O) groups is 2. The minimum Gasteiger partial charge on any atom is -0.462 e. The zero-order valence-corrected chi connectivity index (χ0v) is 15.3. The lowest BCUT2D eigenvalue weighted by molar-refractivity contribution is 0.0498. The molecule has 0 unspecified atom stereocenters. The van der Waals surface area contributed by atoms with Crippen molar-refractivity contribution in [1.29, 1.82) is 0 Å². The standard InChI is InChI=1S/C14H18O5.C2H6.C2H4.H3N/c1-3-4-5-10-18-13(15)11-6-8-12(9-7-11)19-14(16)17-2;2*1-2;/h6-9H,3-5,10H2,1-2H3;1-2H3;1-2H2;1H3. The lowest BCUT2D eigenvalue weighted by Gasteiger charge is -2.05. The molecule has 0 atom stereocenters. The molecule has 0 radical (unpaired) electrons. The van der Waals surface area contributed by atoms with E-state index in [-0.39, 0.29) is 12.1 Å². The summed E-state index contributed by atoms with van der Waals surface area (Å²) in [6, 6.07) is 6.11. The Hall–Kier alpha value is -2.34. The van der Waals surface area contributed by atoms with Gasteiger partial charge in [-0.15, -0.1) is 13.2 Å². The Labute approximate surface area is 145 Å². The Morgan fingerprint density at radius 3 is 2.04 bits per heavy atom. The molecule has 0 saturated carbocycles. The van der Waals surface area contributed by atoms with E-state index in [1.807, 2.05) is 13.8 Å². The van der Waals surface area contributed by atoms with Gasteiger partial charge in [-0.25, -0.2) is 9.59 Å². The van der Waals surface area contributed by atoms with E-state index in [0.717, 1.165) is 19.3 Å². The van der Waals surface area contributed by atoms with Gasteiger partial charge >= 0.3 is 12.1 Å². The summed E-state index contributed by atoms with van der Waals surface area (Å²) in [5.74, 6) is -0.0601. The van der Waals surface area contributed by atoms with Gasteiger partial charge in [0, 0.05) is 0 Å². The highest BCUT2D eigenvalue weighted by molar-refractivity contribution is 5.89. The van der Waals surface area contributed by atoms with Crippen LogP contribution in [0.4, 0.5) is 4.79 Å². The molecule has 0 bridgehead atoms. The van der Waals surface area contributed by atoms with Gasteiger partial charge in [0.1, 0.15) is 5.75 Å². The summed E-state index contributed by atoms with van der Waals surface area (Å²) in [5, 5.41) is 0. The molecule has 0 aromatic heterocycles. The molecule has 6 nitrogen and oxygen atoms in total. The molecule has 0 heterocycles. The molecule has 0 saturated heterocycles. The van der Waals surface area contributed by atoms with Crippen molar-refractivity contribution in [2.45, 2.75) is 40.0 Å². The molecule has 24 heavy (non-hydrogen) atoms. The highest BCUT2D eigenvalue weighted by Gasteiger charge is 2.08. The lowest BCUT2D eigenvalue weighted by Crippen LogP contribution is -2.08. The molecule has 138 valence electrons. The van der Waals surface area contributed by atoms with Gasteiger partial charge in [0.2, 0.25) is 0 Å². The Kier molecular flexibility index (Phi) is 20.7. The summed E-state index contributed by atoms with van der Waals surface area (Å²) in [4.78, 5) is 22.5. The summed E-state index contributed by atoms with van der Waals surface area (Å²) in [6.07, 6.45) is 2.19. The first-order valence-electron chi connectivity index (χ1n) is 7.70. The van der Waals surface area contributed by atoms with Gasteiger partial charge in [-0.05, 0) is 30.7 Å². The van der Waals surface area contributed by atoms with Gasteiger partial charge in [-0.2, -0.15) is 0 Å². The van der Waals surface area contributed by atoms with Crippen LogP contribution in [-0.2, 0) is 9.47 Å². The second-order valence-corrected chi connectivity index (χ2v) is 3.92. The van der Waals surface area contributed by atoms with Crippen LogP contribution in [0.1, 0.15) is 50.4 Å². The van der Waals surface area contributed by atoms with Gasteiger partial charge in [-0.3, -0.25) is 0 Å². The number of carbonyl (C=O) groups excluding carboxylic acids is 2. The molecule has 0 amide bonds. The topological polar surface area (TPSA) is 96.8 Å². The fourth-order valence-corrected chi connectivity index (χ4v) is 1.40. The summed E-state index contributed by atoms with van der Waals surface area (Å²) in [5.41, 5.74) is 0.425. The van der Waals surface area contributed by atoms with Gasteiger partial charge in [0.25, 0.3) is 0 Å². The zero-order chi connectivity index (χ0) is 18.1. The first kappa shape index (κ1) is 26.6. The highest BCUT2D eigenvalue weighted by Crippen LogP contribution is 2.13. The second-order valence-electron chi connectivity index (χ2n) is 3.92. The first-order chi connectivity index (χ1) is 11.2. The van der Waals surface area contributed by atoms with Crippen molar-refractivity contribution in [2.75, 3.05) is 13.7 Å². The molecule has 0 aliphatic rings. The molecule has 0 aliphatic heterocycles. The average Bonchev–Trinajstić information content (AvgIpc) is 2.62. The van der Waals surface area contributed by atoms with Crippen molar-refractivity contribution in [1.82, 2.24) is 6.15 Å². The predicted molar refractivity (Wildman–Crippen MR) is 96.9 cm³/mol. The third-order valence-electron chi connectivity index (χ3n) is 2.44. The van der Waals surface area contributed by atoms with Gasteiger partial charge in [-0.1, -0.05) is 33.6 Å². The fraction of sp³-hybridized carbons (Fsp3) is 0.444. The van der Waals surface area contributed by atoms with Crippen molar-refractivity contribution in [2.24, 2.45) is 0 Å². The zero-order valence-electron chi connectivity index (χ0n) is 15.3. The summed E-state index contributed by atoms with van der Waals surface area (Å²) < 4.78 is 14.3. The Balaban J connectivity index is -0.000000817. The number of unbranched alkanes of at least 4 members (excludes halogenated alkanes) is 2. The molecule has 6 heteroatoms. The van der Waals surface area contributed by atoms with Crippen LogP contribution in [-0.4, -0.2) is 25.8 Å². The number of ether oxygens (including phenoxy) is 3. The van der Waals surface area contributed by atoms with Crippen LogP contribution < -0.4 is 10.9 Å². The third-order valence-corrected chi connectivity index (χ3v) is 2.44. The summed E-state index contributed by atoms with van der Waals surface area (Å²) in [6.45, 7) is 12.5. The van der Waals surface area contributed by atoms with Crippen LogP contribution >= 0.6 is 0 Å². The Bertz CT molecular complexity index is 432. The Morgan fingerprint density at radius 2 is 1.58 bits per heavy atom. The van der Waals surface area contributed by atoms with E-state index < -0.39 is 6.16 Å². The van der Waals surface area contributed by atoms with E-state index in [4.69, 9.17) is 9.47 Å². The SMILES string of the molecule is C=C.CC.CCCCCOC(=O)c1ccc(OC(=O)OC)cc1.N. The minimum absolute atomic E-state index is 0. The minimum atomic E-state index is -0.796. The van der Waals surface area contributed by atoms with E-state index in [1.165, 1.54) is 19.2 Å². The molecular weight excluding hydrogens is 310 g/mol. The quantitative estimate of drug-likeness (QED) is 0.332. The van der Waals surface area contributed by atoms with Gasteiger partial charge in [0.05, 0.1) is 19.3 Å². The normalized spacial score (nSPS) is 8.17. The van der Waals surface area contributed by atoms with Crippen LogP contribution in [0.2, 0.25) is 0 Å². The van der Waals surface area contributed by atoms with Crippen LogP contribution in [0.3, 0.4) is 0 Å². The molecule has 1 rings (SSSR count). The molecule has 0 spiro atoms. The van der Waals surface area contributed by atoms with Crippen LogP contribution in [0.25, 0.3) is 0 Å². The van der Waals surface area contributed by atoms with Crippen LogP contribution in [0.5, 0.6) is 5.75 Å². The van der Waals surface area contributed by atoms with Gasteiger partial charge < -0.3 is 20.4 Å². The van der Waals surface area contributed by atoms with E-state index in [2.05, 4.69) is 24.8 Å². The van der Waals surface area contributed by atoms with E-state index in [0.29, 0.717) is 17.9 Å². The molecule has 0 aliphatic carbocycles. The highest BCUT2D eigenvalue weighted by atomic mass is 16.7. The lowest BCUT2D eigenvalue weighted by atomic mass is 10.2. The largest absolute Gasteiger partial charge is 0.513 e. The number of hydrogen-bond donors (Lipinski definition) is 1. The van der Waals surface area contributed by atoms with Crippen molar-refractivity contribution in [3.8, 4) is 5.75 Å². The maximum Gasteiger partial charge on any atom is 0.513 e. The molecule has 3 N–H and O–H groups in total. The van der Waals surface area contributed by atoms with Crippen molar-refractivity contribution in [3.63, 3.8) is 0 Å². The number of benzene rings is 1.